The second-order valence-corrected chi connectivity index (χ2v) is 3.75. The Balaban J connectivity index is 2.97. The van der Waals surface area contributed by atoms with Crippen molar-refractivity contribution in [3.05, 3.63) is 33.8 Å². The van der Waals surface area contributed by atoms with E-state index in [0.717, 1.165) is 0 Å². The molecule has 2 rings (SSSR count). The van der Waals surface area contributed by atoms with Gasteiger partial charge in [0, 0.05) is 11.6 Å². The van der Waals surface area contributed by atoms with Gasteiger partial charge in [-0.2, -0.15) is 0 Å². The zero-order valence-electron chi connectivity index (χ0n) is 6.46. The Morgan fingerprint density at radius 2 is 2.23 bits per heavy atom. The second-order valence-electron chi connectivity index (χ2n) is 2.59. The molecule has 0 saturated heterocycles. The van der Waals surface area contributed by atoms with Gasteiger partial charge in [0.1, 0.15) is 11.3 Å². The summed E-state index contributed by atoms with van der Waals surface area (Å²) in [5, 5.41) is 9.89. The lowest BCUT2D eigenvalue weighted by molar-refractivity contribution is 0.475. The molecule has 1 aromatic heterocycles. The number of phenols is 1. The SMILES string of the molecule is Oc1c(I)cc([19F])c2cccnc12. The standard InChI is InChI=1S/C9H5FINO/c10-6-4-7(11)9(13)8-5(6)2-1-3-12-8/h1-4,13H/i10+0. The molecule has 0 atom stereocenters. The van der Waals surface area contributed by atoms with Crippen molar-refractivity contribution < 1.29 is 9.50 Å². The molecule has 0 unspecified atom stereocenters. The molecule has 0 amide bonds. The minimum atomic E-state index is -0.356. The number of phenolic OH excluding ortho intramolecular Hbond substituents is 1. The van der Waals surface area contributed by atoms with Gasteiger partial charge in [0.05, 0.1) is 3.57 Å². The number of halogens is 2. The number of aromatic nitrogens is 1. The fourth-order valence-corrected chi connectivity index (χ4v) is 1.69. The van der Waals surface area contributed by atoms with Crippen LogP contribution in [0.1, 0.15) is 0 Å². The lowest BCUT2D eigenvalue weighted by atomic mass is 10.2. The molecule has 13 heavy (non-hydrogen) atoms. The third kappa shape index (κ3) is 1.35. The van der Waals surface area contributed by atoms with Crippen molar-refractivity contribution in [3.8, 4) is 5.75 Å². The molecule has 0 spiro atoms. The van der Waals surface area contributed by atoms with Crippen LogP contribution in [-0.2, 0) is 0 Å². The van der Waals surface area contributed by atoms with Crippen LogP contribution in [0.2, 0.25) is 0 Å². The predicted molar refractivity (Wildman–Crippen MR) is 56.1 cm³/mol. The Morgan fingerprint density at radius 1 is 1.46 bits per heavy atom. The van der Waals surface area contributed by atoms with Crippen LogP contribution in [0.5, 0.6) is 5.75 Å². The van der Waals surface area contributed by atoms with E-state index in [9.17, 15) is 9.50 Å². The quantitative estimate of drug-likeness (QED) is 0.756. The highest BCUT2D eigenvalue weighted by molar-refractivity contribution is 14.1. The summed E-state index contributed by atoms with van der Waals surface area (Å²) in [6.07, 6.45) is 1.53. The molecule has 2 aromatic rings. The molecular formula is C9H5FINO. The van der Waals surface area contributed by atoms with E-state index in [1.54, 1.807) is 12.1 Å². The van der Waals surface area contributed by atoms with Crippen LogP contribution in [0.15, 0.2) is 24.4 Å². The van der Waals surface area contributed by atoms with E-state index in [4.69, 9.17) is 0 Å². The van der Waals surface area contributed by atoms with Gasteiger partial charge in [-0.05, 0) is 40.8 Å². The molecule has 2 nitrogen and oxygen atoms in total. The Kier molecular flexibility index (Phi) is 2.07. The number of nitrogens with zero attached hydrogens (tertiary/aromatic N) is 1. The van der Waals surface area contributed by atoms with E-state index in [2.05, 4.69) is 4.98 Å². The van der Waals surface area contributed by atoms with Crippen LogP contribution in [-0.4, -0.2) is 10.1 Å². The lowest BCUT2D eigenvalue weighted by Gasteiger charge is -2.02. The molecule has 1 heterocycles. The summed E-state index contributed by atoms with van der Waals surface area (Å²) in [6.45, 7) is 0. The smallest absolute Gasteiger partial charge is 0.155 e. The first kappa shape index (κ1) is 8.68. The van der Waals surface area contributed by atoms with Crippen LogP contribution in [0.3, 0.4) is 0 Å². The van der Waals surface area contributed by atoms with Gasteiger partial charge in [-0.1, -0.05) is 0 Å². The summed E-state index contributed by atoms with van der Waals surface area (Å²) in [6, 6.07) is 4.52. The first-order valence-electron chi connectivity index (χ1n) is 3.62. The summed E-state index contributed by atoms with van der Waals surface area (Å²) in [7, 11) is 0. The first-order valence-corrected chi connectivity index (χ1v) is 4.69. The first-order chi connectivity index (χ1) is 6.20. The summed E-state index contributed by atoms with van der Waals surface area (Å²) in [4.78, 5) is 3.91. The van der Waals surface area contributed by atoms with Crippen LogP contribution in [0.4, 0.5) is 4.39 Å². The number of aromatic hydroxyl groups is 1. The molecule has 0 fully saturated rings. The molecule has 0 aliphatic carbocycles. The summed E-state index contributed by atoms with van der Waals surface area (Å²) in [5.74, 6) is -0.317. The number of benzene rings is 1. The fourth-order valence-electron chi connectivity index (χ4n) is 1.16. The Morgan fingerprint density at radius 3 is 3.00 bits per heavy atom. The average Bonchev–Trinajstić information content (AvgIpc) is 2.15. The van der Waals surface area contributed by atoms with E-state index in [1.807, 2.05) is 22.6 Å². The minimum Gasteiger partial charge on any atom is -0.505 e. The summed E-state index contributed by atoms with van der Waals surface area (Å²) >= 11 is 1.87. The van der Waals surface area contributed by atoms with Gasteiger partial charge in [0.2, 0.25) is 0 Å². The van der Waals surface area contributed by atoms with Crippen LogP contribution in [0, 0.1) is 9.39 Å². The van der Waals surface area contributed by atoms with Gasteiger partial charge >= 0.3 is 0 Å². The van der Waals surface area contributed by atoms with Crippen molar-refractivity contribution in [2.45, 2.75) is 0 Å². The highest BCUT2D eigenvalue weighted by Gasteiger charge is 2.09. The Hall–Kier alpha value is -0.910. The van der Waals surface area contributed by atoms with Crippen LogP contribution < -0.4 is 0 Å². The maximum Gasteiger partial charge on any atom is 0.155 e. The topological polar surface area (TPSA) is 33.1 Å². The van der Waals surface area contributed by atoms with Crippen LogP contribution in [0.25, 0.3) is 10.9 Å². The van der Waals surface area contributed by atoms with Crippen molar-refractivity contribution in [1.82, 2.24) is 4.98 Å². The monoisotopic (exact) mass is 289 g/mol. The average molecular weight is 289 g/mol. The zero-order chi connectivity index (χ0) is 9.42. The van der Waals surface area contributed by atoms with Crippen molar-refractivity contribution >= 4 is 33.5 Å². The van der Waals surface area contributed by atoms with Crippen molar-refractivity contribution in [1.29, 1.82) is 0 Å². The second kappa shape index (κ2) is 3.10. The maximum atomic E-state index is 13.3. The lowest BCUT2D eigenvalue weighted by Crippen LogP contribution is -1.86. The third-order valence-electron chi connectivity index (χ3n) is 1.77. The molecule has 0 aliphatic heterocycles. The van der Waals surface area contributed by atoms with Crippen LogP contribution >= 0.6 is 22.6 Å². The summed E-state index contributed by atoms with van der Waals surface area (Å²) in [5.41, 5.74) is 0.312. The van der Waals surface area contributed by atoms with Gasteiger partial charge in [-0.25, -0.2) is 4.39 Å². The van der Waals surface area contributed by atoms with Gasteiger partial charge in [0.15, 0.2) is 5.75 Å². The molecule has 1 N–H and O–H groups in total. The molecule has 0 bridgehead atoms. The van der Waals surface area contributed by atoms with E-state index in [0.29, 0.717) is 14.5 Å². The molecular weight excluding hydrogens is 284 g/mol. The van der Waals surface area contributed by atoms with Gasteiger partial charge < -0.3 is 5.11 Å². The molecule has 66 valence electrons. The highest BCUT2D eigenvalue weighted by Crippen LogP contribution is 2.29. The van der Waals surface area contributed by atoms with E-state index in [-0.39, 0.29) is 11.6 Å². The van der Waals surface area contributed by atoms with E-state index < -0.39 is 0 Å². The van der Waals surface area contributed by atoms with E-state index >= 15 is 0 Å². The number of rotatable bonds is 0. The third-order valence-corrected chi connectivity index (χ3v) is 2.59. The van der Waals surface area contributed by atoms with Gasteiger partial charge in [-0.3, -0.25) is 4.98 Å². The Labute approximate surface area is 87.6 Å². The van der Waals surface area contributed by atoms with Crippen molar-refractivity contribution in [2.24, 2.45) is 0 Å². The van der Waals surface area contributed by atoms with Gasteiger partial charge in [0.25, 0.3) is 0 Å². The number of fused-ring (bicyclic) bond motifs is 1. The number of hydrogen-bond donors (Lipinski definition) is 1. The number of pyridine rings is 1. The van der Waals surface area contributed by atoms with Gasteiger partial charge in [-0.15, -0.1) is 0 Å². The fraction of sp³-hybridized carbons (Fsp3) is 0. The number of hydrogen-bond acceptors (Lipinski definition) is 2. The minimum absolute atomic E-state index is 0.0394. The van der Waals surface area contributed by atoms with Crippen molar-refractivity contribution in [3.63, 3.8) is 0 Å². The maximum absolute atomic E-state index is 13.3. The molecule has 4 heteroatoms. The van der Waals surface area contributed by atoms with E-state index in [1.165, 1.54) is 12.3 Å². The molecule has 0 aliphatic rings. The summed E-state index contributed by atoms with van der Waals surface area (Å²) < 4.78 is 13.7. The van der Waals surface area contributed by atoms with Crippen molar-refractivity contribution in [2.75, 3.05) is 0 Å². The molecule has 0 radical (unpaired) electrons. The Bertz CT molecular complexity index is 472. The highest BCUT2D eigenvalue weighted by atomic mass is 127. The molecule has 1 aromatic carbocycles. The zero-order valence-corrected chi connectivity index (χ0v) is 8.62. The normalized spacial score (nSPS) is 10.6. The predicted octanol–water partition coefficient (Wildman–Crippen LogP) is 2.68. The molecule has 0 saturated carbocycles. The largest absolute Gasteiger partial charge is 0.505 e.